The number of carbonyl (C=O) groups excluding carboxylic acids is 1. The van der Waals surface area contributed by atoms with Crippen LogP contribution < -0.4 is 5.32 Å². The number of rotatable bonds is 5. The Morgan fingerprint density at radius 1 is 1.33 bits per heavy atom. The molecule has 1 heterocycles. The van der Waals surface area contributed by atoms with Crippen molar-refractivity contribution in [3.05, 3.63) is 58.1 Å². The molecule has 6 nitrogen and oxygen atoms in total. The van der Waals surface area contributed by atoms with Gasteiger partial charge in [-0.1, -0.05) is 30.0 Å². The fourth-order valence-corrected chi connectivity index (χ4v) is 3.99. The van der Waals surface area contributed by atoms with Gasteiger partial charge in [-0.05, 0) is 25.1 Å². The van der Waals surface area contributed by atoms with E-state index in [2.05, 4.69) is 10.3 Å². The van der Waals surface area contributed by atoms with E-state index in [-0.39, 0.29) is 17.3 Å². The topological polar surface area (TPSA) is 85.1 Å². The molecule has 3 rings (SSSR count). The normalized spacial score (nSPS) is 10.7. The lowest BCUT2D eigenvalue weighted by atomic mass is 10.2. The number of thiazole rings is 1. The van der Waals surface area contributed by atoms with Crippen LogP contribution in [-0.4, -0.2) is 21.6 Å². The van der Waals surface area contributed by atoms with Crippen LogP contribution in [0.3, 0.4) is 0 Å². The second-order valence-electron chi connectivity index (χ2n) is 5.04. The molecule has 0 aliphatic heterocycles. The molecule has 0 unspecified atom stereocenters. The second-order valence-corrected chi connectivity index (χ2v) is 7.30. The summed E-state index contributed by atoms with van der Waals surface area (Å²) in [4.78, 5) is 27.0. The average Bonchev–Trinajstić information content (AvgIpc) is 2.97. The molecule has 0 spiro atoms. The highest BCUT2D eigenvalue weighted by Crippen LogP contribution is 2.29. The number of fused-ring (bicyclic) bond motifs is 1. The van der Waals surface area contributed by atoms with E-state index in [0.29, 0.717) is 11.3 Å². The number of hydrogen-bond acceptors (Lipinski definition) is 6. The fraction of sp³-hybridized carbons (Fsp3) is 0.125. The van der Waals surface area contributed by atoms with E-state index in [1.807, 2.05) is 24.3 Å². The Balaban J connectivity index is 1.63. The monoisotopic (exact) mass is 359 g/mol. The lowest BCUT2D eigenvalue weighted by Crippen LogP contribution is -2.14. The molecule has 0 atom stereocenters. The van der Waals surface area contributed by atoms with Gasteiger partial charge in [-0.3, -0.25) is 14.9 Å². The van der Waals surface area contributed by atoms with Crippen LogP contribution in [0.4, 0.5) is 11.4 Å². The lowest BCUT2D eigenvalue weighted by Gasteiger charge is -2.05. The van der Waals surface area contributed by atoms with Crippen molar-refractivity contribution in [1.29, 1.82) is 0 Å². The third-order valence-corrected chi connectivity index (χ3v) is 5.47. The van der Waals surface area contributed by atoms with Crippen molar-refractivity contribution in [1.82, 2.24) is 4.98 Å². The number of nitro groups is 1. The highest BCUT2D eigenvalue weighted by molar-refractivity contribution is 8.01. The standard InChI is InChI=1S/C16H13N3O3S2/c1-10-6-7-11(8-13(10)19(21)22)17-15(20)9-23-16-18-12-4-2-3-5-14(12)24-16/h2-8H,9H2,1H3,(H,17,20). The first kappa shape index (κ1) is 16.4. The molecule has 0 fully saturated rings. The molecule has 0 saturated heterocycles. The number of hydrogen-bond donors (Lipinski definition) is 1. The molecule has 0 saturated carbocycles. The third-order valence-electron chi connectivity index (χ3n) is 3.29. The first-order valence-corrected chi connectivity index (χ1v) is 8.86. The van der Waals surface area contributed by atoms with Crippen molar-refractivity contribution < 1.29 is 9.72 Å². The summed E-state index contributed by atoms with van der Waals surface area (Å²) >= 11 is 2.89. The van der Waals surface area contributed by atoms with Crippen LogP contribution in [0.2, 0.25) is 0 Å². The SMILES string of the molecule is Cc1ccc(NC(=O)CSc2nc3ccccc3s2)cc1[N+](=O)[O-]. The maximum absolute atomic E-state index is 12.0. The molecule has 0 radical (unpaired) electrons. The van der Waals surface area contributed by atoms with Gasteiger partial charge in [-0.25, -0.2) is 4.98 Å². The van der Waals surface area contributed by atoms with Gasteiger partial charge < -0.3 is 5.32 Å². The quantitative estimate of drug-likeness (QED) is 0.418. The predicted molar refractivity (Wildman–Crippen MR) is 96.8 cm³/mol. The number of para-hydroxylation sites is 1. The Kier molecular flexibility index (Phi) is 4.77. The summed E-state index contributed by atoms with van der Waals surface area (Å²) in [6.07, 6.45) is 0. The van der Waals surface area contributed by atoms with Gasteiger partial charge in [-0.15, -0.1) is 11.3 Å². The number of anilines is 1. The molecule has 24 heavy (non-hydrogen) atoms. The molecule has 0 bridgehead atoms. The summed E-state index contributed by atoms with van der Waals surface area (Å²) in [6.45, 7) is 1.66. The Bertz CT molecular complexity index is 891. The molecular weight excluding hydrogens is 346 g/mol. The Labute approximate surface area is 146 Å². The number of benzene rings is 2. The number of nitrogens with zero attached hydrogens (tertiary/aromatic N) is 2. The van der Waals surface area contributed by atoms with Crippen LogP contribution in [0.5, 0.6) is 0 Å². The molecule has 1 aromatic heterocycles. The van der Waals surface area contributed by atoms with Crippen LogP contribution in [-0.2, 0) is 4.79 Å². The van der Waals surface area contributed by atoms with E-state index in [1.54, 1.807) is 19.1 Å². The number of aromatic nitrogens is 1. The number of nitrogens with one attached hydrogen (secondary N) is 1. The summed E-state index contributed by atoms with van der Waals surface area (Å²) in [5, 5.41) is 13.6. The van der Waals surface area contributed by atoms with Gasteiger partial charge in [0.05, 0.1) is 20.9 Å². The van der Waals surface area contributed by atoms with E-state index >= 15 is 0 Å². The highest BCUT2D eigenvalue weighted by Gasteiger charge is 2.13. The molecule has 0 aliphatic carbocycles. The molecule has 122 valence electrons. The van der Waals surface area contributed by atoms with Crippen molar-refractivity contribution in [2.24, 2.45) is 0 Å². The first-order chi connectivity index (χ1) is 11.5. The number of thioether (sulfide) groups is 1. The fourth-order valence-electron chi connectivity index (χ4n) is 2.12. The minimum atomic E-state index is -0.457. The number of aryl methyl sites for hydroxylation is 1. The van der Waals surface area contributed by atoms with Gasteiger partial charge in [0, 0.05) is 17.3 Å². The van der Waals surface area contributed by atoms with Gasteiger partial charge in [-0.2, -0.15) is 0 Å². The number of amides is 1. The van der Waals surface area contributed by atoms with Crippen LogP contribution in [0.15, 0.2) is 46.8 Å². The van der Waals surface area contributed by atoms with Crippen LogP contribution in [0, 0.1) is 17.0 Å². The minimum absolute atomic E-state index is 0.00775. The first-order valence-electron chi connectivity index (χ1n) is 7.06. The average molecular weight is 359 g/mol. The number of carbonyl (C=O) groups is 1. The molecule has 0 aliphatic rings. The lowest BCUT2D eigenvalue weighted by molar-refractivity contribution is -0.385. The van der Waals surface area contributed by atoms with Crippen LogP contribution in [0.1, 0.15) is 5.56 Å². The van der Waals surface area contributed by atoms with Gasteiger partial charge in [0.15, 0.2) is 4.34 Å². The van der Waals surface area contributed by atoms with Gasteiger partial charge in [0.2, 0.25) is 5.91 Å². The van der Waals surface area contributed by atoms with Crippen molar-refractivity contribution >= 4 is 50.6 Å². The minimum Gasteiger partial charge on any atom is -0.325 e. The second kappa shape index (κ2) is 6.98. The van der Waals surface area contributed by atoms with Crippen molar-refractivity contribution in [2.45, 2.75) is 11.3 Å². The summed E-state index contributed by atoms with van der Waals surface area (Å²) < 4.78 is 1.90. The van der Waals surface area contributed by atoms with Gasteiger partial charge in [0.25, 0.3) is 5.69 Å². The molecule has 2 aromatic carbocycles. The maximum atomic E-state index is 12.0. The molecule has 1 amide bonds. The number of nitro benzene ring substituents is 1. The zero-order valence-electron chi connectivity index (χ0n) is 12.7. The Hall–Kier alpha value is -2.45. The largest absolute Gasteiger partial charge is 0.325 e. The highest BCUT2D eigenvalue weighted by atomic mass is 32.2. The van der Waals surface area contributed by atoms with Crippen LogP contribution >= 0.6 is 23.1 Å². The van der Waals surface area contributed by atoms with Crippen LogP contribution in [0.25, 0.3) is 10.2 Å². The zero-order chi connectivity index (χ0) is 17.1. The van der Waals surface area contributed by atoms with E-state index in [4.69, 9.17) is 0 Å². The van der Waals surface area contributed by atoms with Crippen molar-refractivity contribution in [2.75, 3.05) is 11.1 Å². The summed E-state index contributed by atoms with van der Waals surface area (Å²) in [6, 6.07) is 12.4. The van der Waals surface area contributed by atoms with Crippen molar-refractivity contribution in [3.63, 3.8) is 0 Å². The third kappa shape index (κ3) is 3.72. The summed E-state index contributed by atoms with van der Waals surface area (Å²) in [7, 11) is 0. The molecular formula is C16H13N3O3S2. The Morgan fingerprint density at radius 3 is 2.88 bits per heavy atom. The molecule has 8 heteroatoms. The predicted octanol–water partition coefficient (Wildman–Crippen LogP) is 4.24. The van der Waals surface area contributed by atoms with E-state index in [1.165, 1.54) is 29.2 Å². The summed E-state index contributed by atoms with van der Waals surface area (Å²) in [5.74, 6) is -0.0287. The smallest absolute Gasteiger partial charge is 0.274 e. The molecule has 1 N–H and O–H groups in total. The Morgan fingerprint density at radius 2 is 2.12 bits per heavy atom. The zero-order valence-corrected chi connectivity index (χ0v) is 14.3. The van der Waals surface area contributed by atoms with E-state index in [0.717, 1.165) is 14.6 Å². The van der Waals surface area contributed by atoms with E-state index < -0.39 is 4.92 Å². The molecule has 3 aromatic rings. The van der Waals surface area contributed by atoms with Gasteiger partial charge in [0.1, 0.15) is 0 Å². The maximum Gasteiger partial charge on any atom is 0.274 e. The van der Waals surface area contributed by atoms with E-state index in [9.17, 15) is 14.9 Å². The van der Waals surface area contributed by atoms with Gasteiger partial charge >= 0.3 is 0 Å². The summed E-state index contributed by atoms with van der Waals surface area (Å²) in [5.41, 5.74) is 1.88. The van der Waals surface area contributed by atoms with Crippen molar-refractivity contribution in [3.8, 4) is 0 Å².